The Morgan fingerprint density at radius 3 is 2.57 bits per heavy atom. The summed E-state index contributed by atoms with van der Waals surface area (Å²) in [6, 6.07) is 12.4. The third-order valence-electron chi connectivity index (χ3n) is 5.60. The summed E-state index contributed by atoms with van der Waals surface area (Å²) in [6.07, 6.45) is 5.08. The SMILES string of the molecule is c1ccc(CN2[C@H]3CC[C@H]2CN(CCC2OCCO2)CC3)cc1. The molecule has 1 aromatic rings. The molecule has 0 aliphatic carbocycles. The molecule has 0 aromatic heterocycles. The minimum atomic E-state index is 0.0378. The fraction of sp³-hybridized carbons (Fsp3) is 0.684. The van der Waals surface area contributed by atoms with Crippen molar-refractivity contribution in [3.05, 3.63) is 35.9 Å². The van der Waals surface area contributed by atoms with Crippen LogP contribution in [-0.2, 0) is 16.0 Å². The fourth-order valence-electron chi connectivity index (χ4n) is 4.36. The first-order valence-electron chi connectivity index (χ1n) is 9.14. The number of hydrogen-bond acceptors (Lipinski definition) is 4. The summed E-state index contributed by atoms with van der Waals surface area (Å²) in [6.45, 7) is 6.17. The van der Waals surface area contributed by atoms with Gasteiger partial charge in [-0.2, -0.15) is 0 Å². The standard InChI is InChI=1S/C19H28N2O2/c1-2-4-16(5-3-1)14-21-17-6-7-18(21)15-20(10-8-17)11-9-19-22-12-13-23-19/h1-5,17-19H,6-15H2/t17-,18-/m0/s1. The number of ether oxygens (including phenoxy) is 2. The molecule has 3 fully saturated rings. The van der Waals surface area contributed by atoms with Crippen LogP contribution in [-0.4, -0.2) is 61.0 Å². The maximum Gasteiger partial charge on any atom is 0.159 e. The molecule has 1 aromatic carbocycles. The molecule has 0 amide bonds. The Morgan fingerprint density at radius 1 is 0.957 bits per heavy atom. The van der Waals surface area contributed by atoms with Crippen LogP contribution < -0.4 is 0 Å². The van der Waals surface area contributed by atoms with Gasteiger partial charge in [0, 0.05) is 38.1 Å². The third-order valence-corrected chi connectivity index (χ3v) is 5.60. The Balaban J connectivity index is 1.34. The lowest BCUT2D eigenvalue weighted by Gasteiger charge is -2.29. The molecule has 4 nitrogen and oxygen atoms in total. The molecule has 23 heavy (non-hydrogen) atoms. The number of fused-ring (bicyclic) bond motifs is 2. The Hall–Kier alpha value is -0.940. The van der Waals surface area contributed by atoms with Crippen molar-refractivity contribution in [2.24, 2.45) is 0 Å². The molecule has 126 valence electrons. The number of benzene rings is 1. The van der Waals surface area contributed by atoms with Crippen molar-refractivity contribution in [1.29, 1.82) is 0 Å². The molecule has 3 saturated heterocycles. The van der Waals surface area contributed by atoms with E-state index >= 15 is 0 Å². The molecule has 2 bridgehead atoms. The normalized spacial score (nSPS) is 29.9. The van der Waals surface area contributed by atoms with Gasteiger partial charge in [-0.25, -0.2) is 0 Å². The second kappa shape index (κ2) is 7.31. The van der Waals surface area contributed by atoms with E-state index in [1.54, 1.807) is 0 Å². The van der Waals surface area contributed by atoms with Gasteiger partial charge in [0.1, 0.15) is 0 Å². The molecule has 0 N–H and O–H groups in total. The summed E-state index contributed by atoms with van der Waals surface area (Å²) < 4.78 is 11.2. The van der Waals surface area contributed by atoms with Gasteiger partial charge >= 0.3 is 0 Å². The van der Waals surface area contributed by atoms with E-state index in [9.17, 15) is 0 Å². The van der Waals surface area contributed by atoms with Crippen LogP contribution in [0.15, 0.2) is 30.3 Å². The third kappa shape index (κ3) is 3.77. The zero-order valence-corrected chi connectivity index (χ0v) is 13.9. The summed E-state index contributed by atoms with van der Waals surface area (Å²) in [5, 5.41) is 0. The van der Waals surface area contributed by atoms with Crippen LogP contribution in [0.25, 0.3) is 0 Å². The summed E-state index contributed by atoms with van der Waals surface area (Å²) in [5.74, 6) is 0. The van der Waals surface area contributed by atoms with Crippen LogP contribution in [0, 0.1) is 0 Å². The maximum atomic E-state index is 5.58. The minimum absolute atomic E-state index is 0.0378. The van der Waals surface area contributed by atoms with Crippen molar-refractivity contribution in [3.8, 4) is 0 Å². The molecule has 0 radical (unpaired) electrons. The average molecular weight is 316 g/mol. The molecule has 4 rings (SSSR count). The molecule has 3 aliphatic rings. The average Bonchev–Trinajstić information content (AvgIpc) is 3.16. The topological polar surface area (TPSA) is 24.9 Å². The van der Waals surface area contributed by atoms with Gasteiger partial charge in [0.25, 0.3) is 0 Å². The van der Waals surface area contributed by atoms with E-state index in [0.29, 0.717) is 6.04 Å². The van der Waals surface area contributed by atoms with E-state index in [1.165, 1.54) is 37.9 Å². The van der Waals surface area contributed by atoms with Crippen molar-refractivity contribution in [3.63, 3.8) is 0 Å². The number of hydrogen-bond donors (Lipinski definition) is 0. The first-order chi connectivity index (χ1) is 11.4. The fourth-order valence-corrected chi connectivity index (χ4v) is 4.36. The van der Waals surface area contributed by atoms with Gasteiger partial charge in [0.2, 0.25) is 0 Å². The van der Waals surface area contributed by atoms with Crippen LogP contribution in [0.4, 0.5) is 0 Å². The van der Waals surface area contributed by atoms with Crippen LogP contribution >= 0.6 is 0 Å². The van der Waals surface area contributed by atoms with Gasteiger partial charge in [0.05, 0.1) is 13.2 Å². The van der Waals surface area contributed by atoms with E-state index in [-0.39, 0.29) is 6.29 Å². The lowest BCUT2D eigenvalue weighted by atomic mass is 10.1. The van der Waals surface area contributed by atoms with Gasteiger partial charge in [-0.05, 0) is 31.4 Å². The Bertz CT molecular complexity index is 489. The Kier molecular flexibility index (Phi) is 4.95. The van der Waals surface area contributed by atoms with Gasteiger partial charge in [0.15, 0.2) is 6.29 Å². The predicted octanol–water partition coefficient (Wildman–Crippen LogP) is 2.49. The highest BCUT2D eigenvalue weighted by molar-refractivity contribution is 5.15. The summed E-state index contributed by atoms with van der Waals surface area (Å²) >= 11 is 0. The van der Waals surface area contributed by atoms with Crippen molar-refractivity contribution in [2.45, 2.75) is 50.6 Å². The first-order valence-corrected chi connectivity index (χ1v) is 9.14. The highest BCUT2D eigenvalue weighted by atomic mass is 16.7. The van der Waals surface area contributed by atoms with E-state index in [4.69, 9.17) is 9.47 Å². The zero-order valence-electron chi connectivity index (χ0n) is 13.9. The quantitative estimate of drug-likeness (QED) is 0.833. The van der Waals surface area contributed by atoms with E-state index in [2.05, 4.69) is 40.1 Å². The Morgan fingerprint density at radius 2 is 1.74 bits per heavy atom. The van der Waals surface area contributed by atoms with Crippen molar-refractivity contribution < 1.29 is 9.47 Å². The number of rotatable bonds is 5. The van der Waals surface area contributed by atoms with E-state index in [1.807, 2.05) is 0 Å². The molecule has 4 heteroatoms. The summed E-state index contributed by atoms with van der Waals surface area (Å²) in [7, 11) is 0. The zero-order chi connectivity index (χ0) is 15.5. The van der Waals surface area contributed by atoms with Gasteiger partial charge in [-0.1, -0.05) is 30.3 Å². The predicted molar refractivity (Wildman–Crippen MR) is 90.2 cm³/mol. The van der Waals surface area contributed by atoms with Crippen molar-refractivity contribution in [1.82, 2.24) is 9.80 Å². The molecule has 0 saturated carbocycles. The Labute approximate surface area is 139 Å². The van der Waals surface area contributed by atoms with E-state index < -0.39 is 0 Å². The number of likely N-dealkylation sites (tertiary alicyclic amines) is 1. The monoisotopic (exact) mass is 316 g/mol. The highest BCUT2D eigenvalue weighted by Gasteiger charge is 2.37. The largest absolute Gasteiger partial charge is 0.350 e. The highest BCUT2D eigenvalue weighted by Crippen LogP contribution is 2.31. The second-order valence-electron chi connectivity index (χ2n) is 7.09. The summed E-state index contributed by atoms with van der Waals surface area (Å²) in [4.78, 5) is 5.39. The molecule has 2 atom stereocenters. The molecule has 3 aliphatic heterocycles. The van der Waals surface area contributed by atoms with Crippen LogP contribution in [0.3, 0.4) is 0 Å². The van der Waals surface area contributed by atoms with E-state index in [0.717, 1.165) is 38.8 Å². The minimum Gasteiger partial charge on any atom is -0.350 e. The molecule has 3 heterocycles. The van der Waals surface area contributed by atoms with Crippen LogP contribution in [0.2, 0.25) is 0 Å². The molecule has 0 spiro atoms. The van der Waals surface area contributed by atoms with Gasteiger partial charge in [-0.3, -0.25) is 4.90 Å². The number of nitrogens with zero attached hydrogens (tertiary/aromatic N) is 2. The first kappa shape index (κ1) is 15.6. The van der Waals surface area contributed by atoms with Crippen LogP contribution in [0.5, 0.6) is 0 Å². The summed E-state index contributed by atoms with van der Waals surface area (Å²) in [5.41, 5.74) is 1.45. The van der Waals surface area contributed by atoms with Crippen molar-refractivity contribution in [2.75, 3.05) is 32.8 Å². The second-order valence-corrected chi connectivity index (χ2v) is 7.09. The lowest BCUT2D eigenvalue weighted by molar-refractivity contribution is -0.0518. The van der Waals surface area contributed by atoms with Gasteiger partial charge in [-0.15, -0.1) is 0 Å². The molecular formula is C19H28N2O2. The van der Waals surface area contributed by atoms with Crippen LogP contribution in [0.1, 0.15) is 31.2 Å². The van der Waals surface area contributed by atoms with Gasteiger partial charge < -0.3 is 14.4 Å². The van der Waals surface area contributed by atoms with Crippen molar-refractivity contribution >= 4 is 0 Å². The smallest absolute Gasteiger partial charge is 0.159 e. The molecular weight excluding hydrogens is 288 g/mol. The maximum absolute atomic E-state index is 5.58. The molecule has 0 unspecified atom stereocenters. The lowest BCUT2D eigenvalue weighted by Crippen LogP contribution is -2.39.